The fourth-order valence-electron chi connectivity index (χ4n) is 5.49. The molecule has 0 saturated heterocycles. The number of benzene rings is 1. The number of amides is 1. The summed E-state index contributed by atoms with van der Waals surface area (Å²) in [7, 11) is 0. The van der Waals surface area contributed by atoms with Crippen LogP contribution in [0.1, 0.15) is 43.4 Å². The normalized spacial score (nSPS) is 21.6. The minimum Gasteiger partial charge on any atom is -0.467 e. The first-order valence-electron chi connectivity index (χ1n) is 12.0. The Hall–Kier alpha value is -3.88. The molecule has 2 atom stereocenters. The van der Waals surface area contributed by atoms with E-state index in [4.69, 9.17) is 10.2 Å². The van der Waals surface area contributed by atoms with Crippen LogP contribution in [-0.4, -0.2) is 21.2 Å². The molecule has 9 heteroatoms. The number of rotatable bonds is 6. The van der Waals surface area contributed by atoms with Crippen molar-refractivity contribution < 1.29 is 14.0 Å². The number of carbonyl (C=O) groups is 2. The monoisotopic (exact) mass is 476 g/mol. The molecule has 2 bridgehead atoms. The summed E-state index contributed by atoms with van der Waals surface area (Å²) in [5.41, 5.74) is 5.77. The van der Waals surface area contributed by atoms with Gasteiger partial charge in [0.05, 0.1) is 19.4 Å². The molecule has 3 N–H and O–H groups in total. The summed E-state index contributed by atoms with van der Waals surface area (Å²) in [5.74, 6) is -0.292. The molecule has 2 unspecified atom stereocenters. The van der Waals surface area contributed by atoms with Crippen molar-refractivity contribution in [2.24, 2.45) is 17.8 Å². The molecular weight excluding hydrogens is 448 g/mol. The maximum Gasteiger partial charge on any atom is 0.330 e. The summed E-state index contributed by atoms with van der Waals surface area (Å²) in [4.78, 5) is 55.8. The van der Waals surface area contributed by atoms with Crippen LogP contribution in [0, 0.1) is 17.8 Å². The minimum absolute atomic E-state index is 0.0115. The van der Waals surface area contributed by atoms with E-state index in [0.717, 1.165) is 24.8 Å². The number of H-pyrrole nitrogens is 1. The molecule has 0 radical (unpaired) electrons. The van der Waals surface area contributed by atoms with Gasteiger partial charge in [-0.25, -0.2) is 4.79 Å². The van der Waals surface area contributed by atoms with Gasteiger partial charge < -0.3 is 10.2 Å². The molecule has 3 aromatic rings. The van der Waals surface area contributed by atoms with Gasteiger partial charge in [0.15, 0.2) is 5.69 Å². The molecule has 2 fully saturated rings. The summed E-state index contributed by atoms with van der Waals surface area (Å²) in [6.45, 7) is 0.128. The zero-order valence-electron chi connectivity index (χ0n) is 19.3. The van der Waals surface area contributed by atoms with E-state index in [1.54, 1.807) is 12.1 Å². The highest BCUT2D eigenvalue weighted by molar-refractivity contribution is 5.98. The topological polar surface area (TPSA) is 131 Å². The third-order valence-electron chi connectivity index (χ3n) is 7.22. The van der Waals surface area contributed by atoms with Crippen molar-refractivity contribution in [1.29, 1.82) is 0 Å². The molecule has 0 spiro atoms. The maximum atomic E-state index is 13.9. The van der Waals surface area contributed by atoms with E-state index in [-0.39, 0.29) is 48.1 Å². The van der Waals surface area contributed by atoms with Crippen molar-refractivity contribution in [3.63, 3.8) is 0 Å². The molecule has 1 amide bonds. The Morgan fingerprint density at radius 3 is 2.43 bits per heavy atom. The second kappa shape index (κ2) is 9.40. The fraction of sp³-hybridized carbons (Fsp3) is 0.385. The highest BCUT2D eigenvalue weighted by Crippen LogP contribution is 2.41. The molecule has 2 heterocycles. The number of hydrogen-bond donors (Lipinski definition) is 2. The van der Waals surface area contributed by atoms with Gasteiger partial charge in [0.25, 0.3) is 5.56 Å². The Labute approximate surface area is 201 Å². The lowest BCUT2D eigenvalue weighted by atomic mass is 9.67. The van der Waals surface area contributed by atoms with Gasteiger partial charge in [0.1, 0.15) is 17.4 Å². The molecule has 182 valence electrons. The van der Waals surface area contributed by atoms with Crippen molar-refractivity contribution in [2.75, 3.05) is 10.6 Å². The van der Waals surface area contributed by atoms with Crippen molar-refractivity contribution in [2.45, 2.75) is 45.2 Å². The number of fused-ring (bicyclic) bond motifs is 2. The Morgan fingerprint density at radius 1 is 1.06 bits per heavy atom. The zero-order valence-corrected chi connectivity index (χ0v) is 19.3. The maximum absolute atomic E-state index is 13.9. The summed E-state index contributed by atoms with van der Waals surface area (Å²) < 4.78 is 6.73. The highest BCUT2D eigenvalue weighted by Gasteiger charge is 2.43. The largest absolute Gasteiger partial charge is 0.467 e. The quantitative estimate of drug-likeness (QED) is 0.562. The van der Waals surface area contributed by atoms with Gasteiger partial charge in [-0.2, -0.15) is 0 Å². The molecule has 2 saturated carbocycles. The lowest BCUT2D eigenvalue weighted by Gasteiger charge is -2.38. The standard InChI is InChI=1S/C26H28N4O5/c27-23-21(24(32)28-26(34)30(23)14-16-6-2-1-3-7-16)29(15-20-10-5-11-35-20)25(33)19-12-17-8-4-9-18(13-19)22(17)31/h1-3,5-7,10-11,17-19H,4,8-9,12-15,27H2,(H,28,32,34). The smallest absolute Gasteiger partial charge is 0.330 e. The minimum atomic E-state index is -0.733. The lowest BCUT2D eigenvalue weighted by molar-refractivity contribution is -0.136. The summed E-state index contributed by atoms with van der Waals surface area (Å²) >= 11 is 0. The average molecular weight is 477 g/mol. The lowest BCUT2D eigenvalue weighted by Crippen LogP contribution is -2.47. The van der Waals surface area contributed by atoms with Crippen LogP contribution in [0.5, 0.6) is 0 Å². The molecule has 9 nitrogen and oxygen atoms in total. The van der Waals surface area contributed by atoms with Crippen molar-refractivity contribution in [3.05, 3.63) is 80.9 Å². The molecule has 2 aliphatic carbocycles. The zero-order chi connectivity index (χ0) is 24.5. The van der Waals surface area contributed by atoms with E-state index < -0.39 is 17.2 Å². The third kappa shape index (κ3) is 4.45. The first-order valence-corrected chi connectivity index (χ1v) is 12.0. The number of Topliss-reactive ketones (excluding diaryl/α,β-unsaturated/α-hetero) is 1. The number of anilines is 2. The fourth-order valence-corrected chi connectivity index (χ4v) is 5.49. The van der Waals surface area contributed by atoms with E-state index in [2.05, 4.69) is 4.98 Å². The Morgan fingerprint density at radius 2 is 1.77 bits per heavy atom. The van der Waals surface area contributed by atoms with Gasteiger partial charge >= 0.3 is 5.69 Å². The number of nitrogens with one attached hydrogen (secondary N) is 1. The Bertz CT molecular complexity index is 1330. The number of ketones is 1. The van der Waals surface area contributed by atoms with Crippen LogP contribution in [0.4, 0.5) is 11.5 Å². The SMILES string of the molecule is Nc1c(N(Cc2ccco2)C(=O)C2CC3CCCC(C2)C3=O)c(=O)[nH]c(=O)n1Cc1ccccc1. The van der Waals surface area contributed by atoms with Crippen molar-refractivity contribution in [1.82, 2.24) is 9.55 Å². The highest BCUT2D eigenvalue weighted by atomic mass is 16.3. The number of hydrogen-bond acceptors (Lipinski definition) is 6. The van der Waals surface area contributed by atoms with Crippen LogP contribution in [0.3, 0.4) is 0 Å². The van der Waals surface area contributed by atoms with Crippen molar-refractivity contribution in [3.8, 4) is 0 Å². The number of nitrogens with two attached hydrogens (primary N) is 1. The van der Waals surface area contributed by atoms with Gasteiger partial charge in [0.2, 0.25) is 5.91 Å². The summed E-state index contributed by atoms with van der Waals surface area (Å²) in [5, 5.41) is 0. The third-order valence-corrected chi connectivity index (χ3v) is 7.22. The van der Waals surface area contributed by atoms with Crippen LogP contribution in [-0.2, 0) is 22.7 Å². The number of aromatic amines is 1. The average Bonchev–Trinajstić information content (AvgIpc) is 3.34. The Balaban J connectivity index is 1.55. The second-order valence-electron chi connectivity index (χ2n) is 9.46. The number of nitrogen functional groups attached to an aromatic ring is 1. The van der Waals surface area contributed by atoms with Gasteiger partial charge in [-0.3, -0.25) is 28.8 Å². The van der Waals surface area contributed by atoms with Crippen LogP contribution in [0.25, 0.3) is 0 Å². The number of aromatic nitrogens is 2. The first-order chi connectivity index (χ1) is 16.9. The first kappa shape index (κ1) is 22.9. The summed E-state index contributed by atoms with van der Waals surface area (Å²) in [6, 6.07) is 12.7. The van der Waals surface area contributed by atoms with Crippen molar-refractivity contribution >= 4 is 23.2 Å². The van der Waals surface area contributed by atoms with E-state index in [0.29, 0.717) is 18.6 Å². The van der Waals surface area contributed by atoms with Crippen LogP contribution in [0.2, 0.25) is 0 Å². The van der Waals surface area contributed by atoms with E-state index >= 15 is 0 Å². The molecule has 2 aliphatic rings. The van der Waals surface area contributed by atoms with E-state index in [1.165, 1.54) is 15.7 Å². The molecule has 1 aromatic carbocycles. The van der Waals surface area contributed by atoms with Crippen LogP contribution >= 0.6 is 0 Å². The number of carbonyl (C=O) groups excluding carboxylic acids is 2. The van der Waals surface area contributed by atoms with Gasteiger partial charge in [-0.05, 0) is 43.4 Å². The Kier molecular flexibility index (Phi) is 6.15. The van der Waals surface area contributed by atoms with E-state index in [9.17, 15) is 19.2 Å². The molecule has 35 heavy (non-hydrogen) atoms. The second-order valence-corrected chi connectivity index (χ2v) is 9.46. The predicted molar refractivity (Wildman–Crippen MR) is 130 cm³/mol. The number of furan rings is 1. The molecule has 0 aliphatic heterocycles. The van der Waals surface area contributed by atoms with Gasteiger partial charge in [-0.15, -0.1) is 0 Å². The van der Waals surface area contributed by atoms with Gasteiger partial charge in [-0.1, -0.05) is 36.8 Å². The predicted octanol–water partition coefficient (Wildman–Crippen LogP) is 2.69. The number of nitrogens with zero attached hydrogens (tertiary/aromatic N) is 2. The summed E-state index contributed by atoms with van der Waals surface area (Å²) in [6.07, 6.45) is 5.00. The van der Waals surface area contributed by atoms with E-state index in [1.807, 2.05) is 30.3 Å². The molecule has 2 aromatic heterocycles. The molecular formula is C26H28N4O5. The molecule has 5 rings (SSSR count). The van der Waals surface area contributed by atoms with Gasteiger partial charge in [0, 0.05) is 17.8 Å². The van der Waals surface area contributed by atoms with Crippen LogP contribution in [0.15, 0.2) is 62.7 Å². The van der Waals surface area contributed by atoms with Crippen LogP contribution < -0.4 is 21.9 Å².